The molecule has 2 N–H and O–H groups in total. The molecule has 0 radical (unpaired) electrons. The lowest BCUT2D eigenvalue weighted by atomic mass is 10.0. The molecule has 100 valence electrons. The lowest BCUT2D eigenvalue weighted by molar-refractivity contribution is -0.384. The lowest BCUT2D eigenvalue weighted by Gasteiger charge is -2.20. The Morgan fingerprint density at radius 1 is 1.42 bits per heavy atom. The summed E-state index contributed by atoms with van der Waals surface area (Å²) < 4.78 is 0. The molecule has 1 unspecified atom stereocenters. The molecule has 0 aliphatic heterocycles. The lowest BCUT2D eigenvalue weighted by Crippen LogP contribution is -2.21. The molecular formula is C13H14N2O4. The smallest absolute Gasteiger partial charge is 0.342 e. The Bertz CT molecular complexity index is 539. The number of nitro benzene ring substituents is 1. The fourth-order valence-corrected chi connectivity index (χ4v) is 2.17. The number of nitrogens with one attached hydrogen (secondary N) is 1. The molecule has 1 atom stereocenters. The molecule has 2 rings (SSSR count). The van der Waals surface area contributed by atoms with E-state index in [0.717, 1.165) is 19.3 Å². The van der Waals surface area contributed by atoms with E-state index in [1.54, 1.807) is 6.07 Å². The second-order valence-electron chi connectivity index (χ2n) is 4.39. The van der Waals surface area contributed by atoms with E-state index < -0.39 is 10.9 Å². The van der Waals surface area contributed by atoms with Gasteiger partial charge in [-0.15, -0.1) is 0 Å². The van der Waals surface area contributed by atoms with Crippen LogP contribution < -0.4 is 5.32 Å². The number of carbonyl (C=O) groups is 1. The molecule has 1 aromatic rings. The van der Waals surface area contributed by atoms with Crippen molar-refractivity contribution in [2.75, 3.05) is 5.32 Å². The normalized spacial score (nSPS) is 18.0. The SMILES string of the molecule is O=C(O)c1cccc(NC2CC=CCC2)c1[N+](=O)[O-]. The van der Waals surface area contributed by atoms with Crippen LogP contribution in [0.15, 0.2) is 30.4 Å². The highest BCUT2D eigenvalue weighted by molar-refractivity contribution is 5.95. The third kappa shape index (κ3) is 2.90. The summed E-state index contributed by atoms with van der Waals surface area (Å²) in [6, 6.07) is 4.40. The third-order valence-corrected chi connectivity index (χ3v) is 3.08. The number of aromatic carboxylic acids is 1. The third-order valence-electron chi connectivity index (χ3n) is 3.08. The number of nitrogens with zero attached hydrogens (tertiary/aromatic N) is 1. The van der Waals surface area contributed by atoms with Crippen LogP contribution in [0.4, 0.5) is 11.4 Å². The van der Waals surface area contributed by atoms with Gasteiger partial charge in [-0.05, 0) is 31.4 Å². The van der Waals surface area contributed by atoms with Gasteiger partial charge in [0.2, 0.25) is 0 Å². The number of carboxylic acid groups (broad SMARTS) is 1. The molecular weight excluding hydrogens is 248 g/mol. The van der Waals surface area contributed by atoms with Crippen molar-refractivity contribution in [1.82, 2.24) is 0 Å². The van der Waals surface area contributed by atoms with E-state index in [0.29, 0.717) is 0 Å². The summed E-state index contributed by atoms with van der Waals surface area (Å²) in [5.41, 5.74) is -0.392. The van der Waals surface area contributed by atoms with E-state index in [-0.39, 0.29) is 23.0 Å². The Hall–Kier alpha value is -2.37. The molecule has 0 saturated carbocycles. The standard InChI is InChI=1S/C13H14N2O4/c16-13(17)10-7-4-8-11(12(10)15(18)19)14-9-5-2-1-3-6-9/h1-2,4,7-9,14H,3,5-6H2,(H,16,17). The fraction of sp³-hybridized carbons (Fsp3) is 0.308. The van der Waals surface area contributed by atoms with Gasteiger partial charge in [0.05, 0.1) is 4.92 Å². The summed E-state index contributed by atoms with van der Waals surface area (Å²) in [5, 5.41) is 23.1. The van der Waals surface area contributed by atoms with Gasteiger partial charge in [-0.3, -0.25) is 10.1 Å². The van der Waals surface area contributed by atoms with E-state index >= 15 is 0 Å². The zero-order valence-electron chi connectivity index (χ0n) is 10.2. The van der Waals surface area contributed by atoms with Crippen LogP contribution in [0.25, 0.3) is 0 Å². The highest BCUT2D eigenvalue weighted by atomic mass is 16.6. The molecule has 0 spiro atoms. The molecule has 1 aromatic carbocycles. The highest BCUT2D eigenvalue weighted by Gasteiger charge is 2.25. The second kappa shape index (κ2) is 5.51. The summed E-state index contributed by atoms with van der Waals surface area (Å²) in [5.74, 6) is -1.29. The predicted octanol–water partition coefficient (Wildman–Crippen LogP) is 2.81. The van der Waals surface area contributed by atoms with Gasteiger partial charge in [0.25, 0.3) is 0 Å². The van der Waals surface area contributed by atoms with Crippen LogP contribution in [-0.2, 0) is 0 Å². The number of nitro groups is 1. The topological polar surface area (TPSA) is 92.5 Å². The van der Waals surface area contributed by atoms with Gasteiger partial charge in [-0.1, -0.05) is 18.2 Å². The van der Waals surface area contributed by atoms with Crippen LogP contribution >= 0.6 is 0 Å². The van der Waals surface area contributed by atoms with Gasteiger partial charge < -0.3 is 10.4 Å². The molecule has 0 fully saturated rings. The zero-order valence-corrected chi connectivity index (χ0v) is 10.2. The monoisotopic (exact) mass is 262 g/mol. The molecule has 0 aromatic heterocycles. The minimum absolute atomic E-state index is 0.104. The average Bonchev–Trinajstić information content (AvgIpc) is 2.39. The summed E-state index contributed by atoms with van der Waals surface area (Å²) in [6.07, 6.45) is 6.68. The Labute approximate surface area is 109 Å². The molecule has 1 aliphatic carbocycles. The number of hydrogen-bond acceptors (Lipinski definition) is 4. The first-order valence-electron chi connectivity index (χ1n) is 6.02. The molecule has 0 bridgehead atoms. The van der Waals surface area contributed by atoms with Crippen molar-refractivity contribution in [2.24, 2.45) is 0 Å². The van der Waals surface area contributed by atoms with Crippen LogP contribution in [0.3, 0.4) is 0 Å². The Balaban J connectivity index is 2.33. The number of para-hydroxylation sites is 1. The van der Waals surface area contributed by atoms with Gasteiger partial charge in [0, 0.05) is 6.04 Å². The van der Waals surface area contributed by atoms with Crippen molar-refractivity contribution in [2.45, 2.75) is 25.3 Å². The van der Waals surface area contributed by atoms with E-state index in [1.165, 1.54) is 12.1 Å². The summed E-state index contributed by atoms with van der Waals surface area (Å²) in [6.45, 7) is 0. The van der Waals surface area contributed by atoms with Crippen molar-refractivity contribution >= 4 is 17.3 Å². The minimum Gasteiger partial charge on any atom is -0.477 e. The van der Waals surface area contributed by atoms with Crippen molar-refractivity contribution in [3.8, 4) is 0 Å². The van der Waals surface area contributed by atoms with E-state index in [4.69, 9.17) is 5.11 Å². The predicted molar refractivity (Wildman–Crippen MR) is 70.5 cm³/mol. The summed E-state index contributed by atoms with van der Waals surface area (Å²) in [7, 11) is 0. The van der Waals surface area contributed by atoms with Crippen LogP contribution in [0.1, 0.15) is 29.6 Å². The molecule has 0 heterocycles. The first-order chi connectivity index (χ1) is 9.09. The quantitative estimate of drug-likeness (QED) is 0.494. The fourth-order valence-electron chi connectivity index (χ4n) is 2.17. The van der Waals surface area contributed by atoms with E-state index in [9.17, 15) is 14.9 Å². The first kappa shape index (κ1) is 13.1. The number of carboxylic acids is 1. The van der Waals surface area contributed by atoms with Gasteiger partial charge in [0.1, 0.15) is 11.3 Å². The van der Waals surface area contributed by atoms with Crippen LogP contribution in [-0.4, -0.2) is 22.0 Å². The second-order valence-corrected chi connectivity index (χ2v) is 4.39. The maximum atomic E-state index is 11.1. The minimum atomic E-state index is -1.29. The number of rotatable bonds is 4. The molecule has 6 heteroatoms. The Kier molecular flexibility index (Phi) is 3.79. The molecule has 0 saturated heterocycles. The van der Waals surface area contributed by atoms with Crippen LogP contribution in [0, 0.1) is 10.1 Å². The van der Waals surface area contributed by atoms with Crippen molar-refractivity contribution in [1.29, 1.82) is 0 Å². The largest absolute Gasteiger partial charge is 0.477 e. The van der Waals surface area contributed by atoms with Crippen molar-refractivity contribution in [3.63, 3.8) is 0 Å². The average molecular weight is 262 g/mol. The Morgan fingerprint density at radius 3 is 2.79 bits per heavy atom. The molecule has 6 nitrogen and oxygen atoms in total. The van der Waals surface area contributed by atoms with Crippen LogP contribution in [0.2, 0.25) is 0 Å². The molecule has 19 heavy (non-hydrogen) atoms. The maximum absolute atomic E-state index is 11.1. The maximum Gasteiger partial charge on any atom is 0.342 e. The van der Waals surface area contributed by atoms with Crippen LogP contribution in [0.5, 0.6) is 0 Å². The zero-order chi connectivity index (χ0) is 13.8. The molecule has 1 aliphatic rings. The highest BCUT2D eigenvalue weighted by Crippen LogP contribution is 2.30. The Morgan fingerprint density at radius 2 is 2.21 bits per heavy atom. The van der Waals surface area contributed by atoms with E-state index in [1.807, 2.05) is 6.08 Å². The van der Waals surface area contributed by atoms with E-state index in [2.05, 4.69) is 11.4 Å². The first-order valence-corrected chi connectivity index (χ1v) is 6.02. The van der Waals surface area contributed by atoms with Crippen molar-refractivity contribution < 1.29 is 14.8 Å². The number of hydrogen-bond donors (Lipinski definition) is 2. The number of anilines is 1. The summed E-state index contributed by atoms with van der Waals surface area (Å²) >= 11 is 0. The van der Waals surface area contributed by atoms with Crippen molar-refractivity contribution in [3.05, 3.63) is 46.0 Å². The number of allylic oxidation sites excluding steroid dienone is 1. The van der Waals surface area contributed by atoms with Gasteiger partial charge in [-0.25, -0.2) is 4.79 Å². The number of benzene rings is 1. The summed E-state index contributed by atoms with van der Waals surface area (Å²) in [4.78, 5) is 21.5. The molecule has 0 amide bonds. The van der Waals surface area contributed by atoms with Gasteiger partial charge in [0.15, 0.2) is 0 Å². The van der Waals surface area contributed by atoms with Gasteiger partial charge in [-0.2, -0.15) is 0 Å². The van der Waals surface area contributed by atoms with Gasteiger partial charge >= 0.3 is 11.7 Å².